The number of methoxy groups -OCH3 is 1. The molecule has 0 saturated heterocycles. The van der Waals surface area contributed by atoms with Crippen LogP contribution >= 0.6 is 11.6 Å². The van der Waals surface area contributed by atoms with E-state index in [4.69, 9.17) is 22.1 Å². The van der Waals surface area contributed by atoms with E-state index in [0.717, 1.165) is 18.9 Å². The second-order valence-corrected chi connectivity index (χ2v) is 6.92. The second-order valence-electron chi connectivity index (χ2n) is 4.65. The standard InChI is InChI=1S/C12H16ClFN2O3S/c1-19-5-4-16(9-2-3-9)20(17,18)11-7-8(15)6-10(13)12(11)14/h6-7,9H,2-5,15H2,1H3. The molecule has 1 aromatic carbocycles. The van der Waals surface area contributed by atoms with E-state index >= 15 is 0 Å². The summed E-state index contributed by atoms with van der Waals surface area (Å²) in [6, 6.07) is 2.18. The van der Waals surface area contributed by atoms with Crippen LogP contribution in [0.3, 0.4) is 0 Å². The number of nitrogen functional groups attached to an aromatic ring is 1. The molecule has 0 radical (unpaired) electrons. The van der Waals surface area contributed by atoms with E-state index in [2.05, 4.69) is 0 Å². The largest absolute Gasteiger partial charge is 0.399 e. The third-order valence-corrected chi connectivity index (χ3v) is 5.30. The molecule has 5 nitrogen and oxygen atoms in total. The van der Waals surface area contributed by atoms with Crippen LogP contribution in [0.5, 0.6) is 0 Å². The number of benzene rings is 1. The van der Waals surface area contributed by atoms with E-state index in [1.807, 2.05) is 0 Å². The predicted octanol–water partition coefficient (Wildman–Crippen LogP) is 1.86. The fourth-order valence-electron chi connectivity index (χ4n) is 1.94. The van der Waals surface area contributed by atoms with Crippen molar-refractivity contribution in [2.24, 2.45) is 0 Å². The van der Waals surface area contributed by atoms with Gasteiger partial charge in [0.1, 0.15) is 4.90 Å². The van der Waals surface area contributed by atoms with Crippen LogP contribution in [0.25, 0.3) is 0 Å². The van der Waals surface area contributed by atoms with E-state index in [1.54, 1.807) is 0 Å². The minimum absolute atomic E-state index is 0.102. The SMILES string of the molecule is COCCN(C1CC1)S(=O)(=O)c1cc(N)cc(Cl)c1F. The lowest BCUT2D eigenvalue weighted by Crippen LogP contribution is -2.36. The Hall–Kier alpha value is -0.890. The smallest absolute Gasteiger partial charge is 0.246 e. The average molecular weight is 323 g/mol. The van der Waals surface area contributed by atoms with Crippen LogP contribution in [0.1, 0.15) is 12.8 Å². The summed E-state index contributed by atoms with van der Waals surface area (Å²) in [7, 11) is -2.49. The van der Waals surface area contributed by atoms with Gasteiger partial charge in [0.15, 0.2) is 5.82 Å². The number of nitrogens with zero attached hydrogens (tertiary/aromatic N) is 1. The molecule has 20 heavy (non-hydrogen) atoms. The molecule has 0 aliphatic heterocycles. The van der Waals surface area contributed by atoms with Gasteiger partial charge in [-0.1, -0.05) is 11.6 Å². The maximum Gasteiger partial charge on any atom is 0.246 e. The summed E-state index contributed by atoms with van der Waals surface area (Å²) in [4.78, 5) is -0.481. The number of hydrogen-bond donors (Lipinski definition) is 1. The molecular weight excluding hydrogens is 307 g/mol. The summed E-state index contributed by atoms with van der Waals surface area (Å²) in [5, 5.41) is -0.300. The van der Waals surface area contributed by atoms with E-state index in [-0.39, 0.29) is 29.9 Å². The van der Waals surface area contributed by atoms with Crippen LogP contribution in [0.2, 0.25) is 5.02 Å². The van der Waals surface area contributed by atoms with Gasteiger partial charge in [-0.2, -0.15) is 4.31 Å². The van der Waals surface area contributed by atoms with E-state index in [0.29, 0.717) is 0 Å². The summed E-state index contributed by atoms with van der Waals surface area (Å²) >= 11 is 5.67. The Morgan fingerprint density at radius 1 is 1.50 bits per heavy atom. The molecule has 0 spiro atoms. The minimum atomic E-state index is -3.97. The molecule has 0 heterocycles. The van der Waals surface area contributed by atoms with Crippen molar-refractivity contribution in [3.8, 4) is 0 Å². The first kappa shape index (κ1) is 15.5. The number of anilines is 1. The van der Waals surface area contributed by atoms with Crippen LogP contribution < -0.4 is 5.73 Å². The molecule has 0 amide bonds. The van der Waals surface area contributed by atoms with Gasteiger partial charge in [0.05, 0.1) is 11.6 Å². The first-order valence-electron chi connectivity index (χ1n) is 6.13. The highest BCUT2D eigenvalue weighted by atomic mass is 35.5. The summed E-state index contributed by atoms with van der Waals surface area (Å²) in [5.41, 5.74) is 5.67. The van der Waals surface area contributed by atoms with E-state index in [1.165, 1.54) is 17.5 Å². The van der Waals surface area contributed by atoms with Gasteiger partial charge in [0.2, 0.25) is 10.0 Å². The molecule has 112 valence electrons. The quantitative estimate of drug-likeness (QED) is 0.811. The predicted molar refractivity (Wildman–Crippen MR) is 74.6 cm³/mol. The molecule has 2 rings (SSSR count). The normalized spacial score (nSPS) is 15.8. The topological polar surface area (TPSA) is 72.6 Å². The molecule has 1 aliphatic carbocycles. The second kappa shape index (κ2) is 5.85. The Morgan fingerprint density at radius 2 is 2.15 bits per heavy atom. The molecule has 0 aromatic heterocycles. The number of nitrogens with two attached hydrogens (primary N) is 1. The van der Waals surface area contributed by atoms with Gasteiger partial charge in [0.25, 0.3) is 0 Å². The van der Waals surface area contributed by atoms with Gasteiger partial charge in [-0.25, -0.2) is 12.8 Å². The monoisotopic (exact) mass is 322 g/mol. The number of hydrogen-bond acceptors (Lipinski definition) is 4. The van der Waals surface area contributed by atoms with Gasteiger partial charge in [-0.3, -0.25) is 0 Å². The molecule has 0 atom stereocenters. The third-order valence-electron chi connectivity index (χ3n) is 3.07. The van der Waals surface area contributed by atoms with Gasteiger partial charge < -0.3 is 10.5 Å². The number of rotatable bonds is 6. The van der Waals surface area contributed by atoms with E-state index < -0.39 is 20.7 Å². The van der Waals surface area contributed by atoms with Crippen molar-refractivity contribution < 1.29 is 17.5 Å². The molecular formula is C12H16ClFN2O3S. The Balaban J connectivity index is 2.42. The zero-order valence-electron chi connectivity index (χ0n) is 11.0. The molecule has 1 aliphatic rings. The third kappa shape index (κ3) is 3.06. The van der Waals surface area contributed by atoms with Crippen molar-refractivity contribution in [1.82, 2.24) is 4.31 Å². The van der Waals surface area contributed by atoms with Crippen molar-refractivity contribution in [1.29, 1.82) is 0 Å². The first-order chi connectivity index (χ1) is 9.37. The Bertz CT molecular complexity index is 605. The lowest BCUT2D eigenvalue weighted by molar-refractivity contribution is 0.177. The summed E-state index contributed by atoms with van der Waals surface area (Å²) in [6.45, 7) is 0.419. The van der Waals surface area contributed by atoms with Gasteiger partial charge >= 0.3 is 0 Å². The van der Waals surface area contributed by atoms with Crippen molar-refractivity contribution >= 4 is 27.3 Å². The minimum Gasteiger partial charge on any atom is -0.399 e. The fraction of sp³-hybridized carbons (Fsp3) is 0.500. The summed E-state index contributed by atoms with van der Waals surface area (Å²) in [5.74, 6) is -0.969. The van der Waals surface area contributed by atoms with Crippen LogP contribution in [0.4, 0.5) is 10.1 Å². The maximum atomic E-state index is 14.0. The van der Waals surface area contributed by atoms with Crippen molar-refractivity contribution in [2.45, 2.75) is 23.8 Å². The Morgan fingerprint density at radius 3 is 2.70 bits per heavy atom. The van der Waals surface area contributed by atoms with Crippen LogP contribution in [-0.2, 0) is 14.8 Å². The molecule has 0 bridgehead atoms. The van der Waals surface area contributed by atoms with Crippen LogP contribution in [0.15, 0.2) is 17.0 Å². The molecule has 8 heteroatoms. The summed E-state index contributed by atoms with van der Waals surface area (Å²) in [6.07, 6.45) is 1.53. The Labute approximate surface area is 122 Å². The van der Waals surface area contributed by atoms with Gasteiger partial charge in [0, 0.05) is 25.4 Å². The first-order valence-corrected chi connectivity index (χ1v) is 7.95. The highest BCUT2D eigenvalue weighted by Gasteiger charge is 2.39. The van der Waals surface area contributed by atoms with Crippen molar-refractivity contribution in [3.05, 3.63) is 23.0 Å². The van der Waals surface area contributed by atoms with Gasteiger partial charge in [-0.05, 0) is 25.0 Å². The van der Waals surface area contributed by atoms with E-state index in [9.17, 15) is 12.8 Å². The molecule has 0 unspecified atom stereocenters. The average Bonchev–Trinajstić information content (AvgIpc) is 3.18. The fourth-order valence-corrected chi connectivity index (χ4v) is 4.02. The maximum absolute atomic E-state index is 14.0. The summed E-state index contributed by atoms with van der Waals surface area (Å²) < 4.78 is 45.3. The molecule has 1 aromatic rings. The highest BCUT2D eigenvalue weighted by molar-refractivity contribution is 7.89. The number of sulfonamides is 1. The van der Waals surface area contributed by atoms with Crippen molar-refractivity contribution in [3.63, 3.8) is 0 Å². The molecule has 1 fully saturated rings. The number of halogens is 2. The Kier molecular flexibility index (Phi) is 4.53. The van der Waals surface area contributed by atoms with Gasteiger partial charge in [-0.15, -0.1) is 0 Å². The highest BCUT2D eigenvalue weighted by Crippen LogP contribution is 2.34. The molecule has 2 N–H and O–H groups in total. The lowest BCUT2D eigenvalue weighted by Gasteiger charge is -2.22. The zero-order chi connectivity index (χ0) is 14.9. The van der Waals surface area contributed by atoms with Crippen molar-refractivity contribution in [2.75, 3.05) is 26.0 Å². The van der Waals surface area contributed by atoms with Crippen LogP contribution in [-0.4, -0.2) is 39.0 Å². The number of ether oxygens (including phenoxy) is 1. The van der Waals surface area contributed by atoms with Crippen LogP contribution in [0, 0.1) is 5.82 Å². The molecule has 1 saturated carbocycles. The lowest BCUT2D eigenvalue weighted by atomic mass is 10.3. The zero-order valence-corrected chi connectivity index (χ0v) is 12.5.